The zero-order valence-electron chi connectivity index (χ0n) is 15.3. The van der Waals surface area contributed by atoms with Gasteiger partial charge in [0.25, 0.3) is 0 Å². The summed E-state index contributed by atoms with van der Waals surface area (Å²) in [4.78, 5) is 6.60. The molecule has 0 spiro atoms. The van der Waals surface area contributed by atoms with Gasteiger partial charge in [-0.05, 0) is 22.8 Å². The summed E-state index contributed by atoms with van der Waals surface area (Å²) in [6, 6.07) is 22.3. The van der Waals surface area contributed by atoms with Gasteiger partial charge in [-0.2, -0.15) is 10.4 Å². The summed E-state index contributed by atoms with van der Waals surface area (Å²) in [5.41, 5.74) is 5.80. The van der Waals surface area contributed by atoms with E-state index in [4.69, 9.17) is 0 Å². The van der Waals surface area contributed by atoms with Crippen LogP contribution in [0.3, 0.4) is 0 Å². The second-order valence-corrected chi connectivity index (χ2v) is 6.63. The first kappa shape index (κ1) is 16.8. The van der Waals surface area contributed by atoms with Crippen molar-refractivity contribution in [3.05, 3.63) is 83.7 Å². The van der Waals surface area contributed by atoms with E-state index in [0.717, 1.165) is 34.7 Å². The molecule has 27 heavy (non-hydrogen) atoms. The minimum atomic E-state index is 0.688. The average molecular weight is 353 g/mol. The van der Waals surface area contributed by atoms with Crippen LogP contribution in [0, 0.1) is 11.3 Å². The number of hydrogen-bond acceptors (Lipinski definition) is 4. The Labute approximate surface area is 158 Å². The monoisotopic (exact) mass is 353 g/mol. The second-order valence-electron chi connectivity index (χ2n) is 6.63. The molecule has 2 aromatic carbocycles. The highest BCUT2D eigenvalue weighted by molar-refractivity contribution is 5.70. The fourth-order valence-electron chi connectivity index (χ4n) is 3.16. The van der Waals surface area contributed by atoms with Crippen molar-refractivity contribution in [3.8, 4) is 17.2 Å². The number of nitrogens with zero attached hydrogens (tertiary/aromatic N) is 5. The maximum Gasteiger partial charge on any atom is 0.157 e. The van der Waals surface area contributed by atoms with E-state index in [2.05, 4.69) is 46.5 Å². The lowest BCUT2D eigenvalue weighted by Gasteiger charge is -2.14. The van der Waals surface area contributed by atoms with Crippen molar-refractivity contribution in [1.82, 2.24) is 14.6 Å². The van der Waals surface area contributed by atoms with Gasteiger partial charge in [-0.3, -0.25) is 0 Å². The lowest BCUT2D eigenvalue weighted by molar-refractivity contribution is 0.856. The van der Waals surface area contributed by atoms with Gasteiger partial charge in [-0.15, -0.1) is 0 Å². The maximum absolute atomic E-state index is 9.31. The Bertz CT molecular complexity index is 1130. The average Bonchev–Trinajstić information content (AvgIpc) is 3.17. The van der Waals surface area contributed by atoms with E-state index in [1.807, 2.05) is 53.8 Å². The molecule has 0 N–H and O–H groups in total. The molecule has 5 nitrogen and oxygen atoms in total. The van der Waals surface area contributed by atoms with Crippen LogP contribution in [0.25, 0.3) is 16.8 Å². The van der Waals surface area contributed by atoms with Gasteiger partial charge in [0.1, 0.15) is 5.82 Å². The van der Waals surface area contributed by atoms with Crippen LogP contribution in [-0.4, -0.2) is 28.7 Å². The van der Waals surface area contributed by atoms with Gasteiger partial charge in [-0.25, -0.2) is 9.50 Å². The van der Waals surface area contributed by atoms with Crippen LogP contribution in [-0.2, 0) is 6.42 Å². The van der Waals surface area contributed by atoms with Gasteiger partial charge in [0.15, 0.2) is 5.65 Å². The van der Waals surface area contributed by atoms with Crippen LogP contribution in [0.15, 0.2) is 66.9 Å². The van der Waals surface area contributed by atoms with Gasteiger partial charge >= 0.3 is 0 Å². The molecule has 0 aliphatic heterocycles. The summed E-state index contributed by atoms with van der Waals surface area (Å²) in [6.45, 7) is 0. The van der Waals surface area contributed by atoms with Crippen LogP contribution in [0.4, 0.5) is 5.82 Å². The first-order chi connectivity index (χ1) is 13.2. The second kappa shape index (κ2) is 6.93. The Morgan fingerprint density at radius 3 is 2.56 bits per heavy atom. The minimum Gasteiger partial charge on any atom is -0.363 e. The van der Waals surface area contributed by atoms with Crippen LogP contribution in [0.2, 0.25) is 0 Å². The van der Waals surface area contributed by atoms with Crippen molar-refractivity contribution >= 4 is 11.5 Å². The van der Waals surface area contributed by atoms with Crippen molar-refractivity contribution in [2.75, 3.05) is 19.0 Å². The molecular formula is C22H19N5. The number of benzene rings is 2. The van der Waals surface area contributed by atoms with Gasteiger partial charge < -0.3 is 4.90 Å². The Hall–Kier alpha value is -3.65. The highest BCUT2D eigenvalue weighted by Gasteiger charge is 2.09. The molecule has 2 aromatic heterocycles. The van der Waals surface area contributed by atoms with Crippen molar-refractivity contribution in [2.24, 2.45) is 0 Å². The predicted molar refractivity (Wildman–Crippen MR) is 107 cm³/mol. The van der Waals surface area contributed by atoms with Crippen LogP contribution >= 0.6 is 0 Å². The number of rotatable bonds is 4. The number of fused-ring (bicyclic) bond motifs is 1. The molecule has 0 fully saturated rings. The van der Waals surface area contributed by atoms with Crippen molar-refractivity contribution < 1.29 is 0 Å². The molecular weight excluding hydrogens is 334 g/mol. The summed E-state index contributed by atoms with van der Waals surface area (Å²) >= 11 is 0. The third-order valence-electron chi connectivity index (χ3n) is 4.58. The molecule has 0 saturated carbocycles. The molecule has 4 rings (SSSR count). The smallest absolute Gasteiger partial charge is 0.157 e. The standard InChI is InChI=1S/C22H19N5/c1-26(2)22-14-19(27-21(25-22)11-12-24-27)13-16-7-9-17(10-8-16)20-6-4-3-5-18(20)15-23/h3-12,14H,13H2,1-2H3. The third kappa shape index (κ3) is 3.25. The van der Waals surface area contributed by atoms with Crippen LogP contribution in [0.1, 0.15) is 16.8 Å². The molecule has 0 aliphatic carbocycles. The number of aromatic nitrogens is 3. The quantitative estimate of drug-likeness (QED) is 0.558. The van der Waals surface area contributed by atoms with E-state index in [1.54, 1.807) is 6.20 Å². The summed E-state index contributed by atoms with van der Waals surface area (Å²) in [7, 11) is 3.97. The van der Waals surface area contributed by atoms with Gasteiger partial charge in [0.05, 0.1) is 23.5 Å². The topological polar surface area (TPSA) is 57.2 Å². The molecule has 0 amide bonds. The lowest BCUT2D eigenvalue weighted by atomic mass is 9.98. The van der Waals surface area contributed by atoms with E-state index in [1.165, 1.54) is 5.56 Å². The zero-order chi connectivity index (χ0) is 18.8. The van der Waals surface area contributed by atoms with E-state index in [-0.39, 0.29) is 0 Å². The Morgan fingerprint density at radius 1 is 1.04 bits per heavy atom. The highest BCUT2D eigenvalue weighted by atomic mass is 15.3. The molecule has 0 atom stereocenters. The molecule has 132 valence electrons. The lowest BCUT2D eigenvalue weighted by Crippen LogP contribution is -2.13. The normalized spacial score (nSPS) is 10.7. The summed E-state index contributed by atoms with van der Waals surface area (Å²) in [5.74, 6) is 0.914. The molecule has 0 unspecified atom stereocenters. The van der Waals surface area contributed by atoms with Crippen molar-refractivity contribution in [1.29, 1.82) is 5.26 Å². The van der Waals surface area contributed by atoms with E-state index >= 15 is 0 Å². The Morgan fingerprint density at radius 2 is 1.81 bits per heavy atom. The van der Waals surface area contributed by atoms with Gasteiger partial charge in [-0.1, -0.05) is 42.5 Å². The van der Waals surface area contributed by atoms with Gasteiger partial charge in [0.2, 0.25) is 0 Å². The summed E-state index contributed by atoms with van der Waals surface area (Å²) in [6.07, 6.45) is 2.52. The first-order valence-corrected chi connectivity index (χ1v) is 8.75. The van der Waals surface area contributed by atoms with Crippen molar-refractivity contribution in [3.63, 3.8) is 0 Å². The predicted octanol–water partition coefficient (Wildman–Crippen LogP) is 3.92. The number of anilines is 1. The molecule has 0 aliphatic rings. The maximum atomic E-state index is 9.31. The number of hydrogen-bond donors (Lipinski definition) is 0. The molecule has 0 radical (unpaired) electrons. The van der Waals surface area contributed by atoms with E-state index < -0.39 is 0 Å². The van der Waals surface area contributed by atoms with E-state index in [0.29, 0.717) is 5.56 Å². The number of nitriles is 1. The van der Waals surface area contributed by atoms with Crippen LogP contribution in [0.5, 0.6) is 0 Å². The summed E-state index contributed by atoms with van der Waals surface area (Å²) in [5, 5.41) is 13.7. The fourth-order valence-corrected chi connectivity index (χ4v) is 3.16. The zero-order valence-corrected chi connectivity index (χ0v) is 15.3. The molecule has 4 aromatic rings. The fraction of sp³-hybridized carbons (Fsp3) is 0.136. The Kier molecular flexibility index (Phi) is 4.31. The van der Waals surface area contributed by atoms with Crippen molar-refractivity contribution in [2.45, 2.75) is 6.42 Å². The Balaban J connectivity index is 1.67. The van der Waals surface area contributed by atoms with E-state index in [9.17, 15) is 5.26 Å². The first-order valence-electron chi connectivity index (χ1n) is 8.75. The van der Waals surface area contributed by atoms with Crippen LogP contribution < -0.4 is 4.90 Å². The molecule has 5 heteroatoms. The largest absolute Gasteiger partial charge is 0.363 e. The molecule has 0 saturated heterocycles. The third-order valence-corrected chi connectivity index (χ3v) is 4.58. The minimum absolute atomic E-state index is 0.688. The summed E-state index contributed by atoms with van der Waals surface area (Å²) < 4.78 is 1.88. The molecule has 2 heterocycles. The SMILES string of the molecule is CN(C)c1cc(Cc2ccc(-c3ccccc3C#N)cc2)n2nccc2n1. The highest BCUT2D eigenvalue weighted by Crippen LogP contribution is 2.24. The molecule has 0 bridgehead atoms. The van der Waals surface area contributed by atoms with Gasteiger partial charge in [0, 0.05) is 32.6 Å².